The van der Waals surface area contributed by atoms with Crippen molar-refractivity contribution in [2.45, 2.75) is 33.0 Å². The van der Waals surface area contributed by atoms with Crippen molar-refractivity contribution in [3.63, 3.8) is 0 Å². The molecule has 124 valence electrons. The number of fused-ring (bicyclic) bond motifs is 1. The van der Waals surface area contributed by atoms with Crippen LogP contribution in [0.2, 0.25) is 0 Å². The molecule has 1 unspecified atom stereocenters. The van der Waals surface area contributed by atoms with Gasteiger partial charge in [-0.2, -0.15) is 0 Å². The summed E-state index contributed by atoms with van der Waals surface area (Å²) in [6.07, 6.45) is 1.88. The van der Waals surface area contributed by atoms with E-state index in [1.807, 2.05) is 36.1 Å². The number of hydrogen-bond acceptors (Lipinski definition) is 5. The highest BCUT2D eigenvalue weighted by Crippen LogP contribution is 2.13. The number of ether oxygens (including phenoxy) is 2. The van der Waals surface area contributed by atoms with Crippen LogP contribution in [0.3, 0.4) is 0 Å². The average Bonchev–Trinajstić information content (AvgIpc) is 2.93. The van der Waals surface area contributed by atoms with Crippen molar-refractivity contribution in [1.82, 2.24) is 19.5 Å². The molecule has 1 atom stereocenters. The number of carbonyl (C=O) groups excluding carboxylic acids is 1. The number of aromatic nitrogens is 3. The van der Waals surface area contributed by atoms with E-state index in [2.05, 4.69) is 10.2 Å². The molecule has 1 aliphatic rings. The number of morpholine rings is 1. The third-order valence-electron chi connectivity index (χ3n) is 3.86. The molecule has 1 saturated heterocycles. The molecule has 2 aromatic heterocycles. The van der Waals surface area contributed by atoms with Crippen LogP contribution in [0.1, 0.15) is 30.0 Å². The topological polar surface area (TPSA) is 69.0 Å². The first-order chi connectivity index (χ1) is 11.0. The van der Waals surface area contributed by atoms with Crippen LogP contribution in [0.5, 0.6) is 0 Å². The fourth-order valence-electron chi connectivity index (χ4n) is 2.62. The molecule has 0 aliphatic carbocycles. The van der Waals surface area contributed by atoms with Crippen LogP contribution in [0.15, 0.2) is 18.3 Å². The molecule has 1 fully saturated rings. The van der Waals surface area contributed by atoms with Crippen molar-refractivity contribution in [3.05, 3.63) is 29.7 Å². The molecule has 0 aromatic carbocycles. The van der Waals surface area contributed by atoms with Gasteiger partial charge in [0, 0.05) is 19.3 Å². The zero-order valence-corrected chi connectivity index (χ0v) is 13.7. The van der Waals surface area contributed by atoms with Crippen LogP contribution >= 0.6 is 0 Å². The minimum atomic E-state index is -0.0736. The number of pyridine rings is 1. The average molecular weight is 318 g/mol. The maximum Gasteiger partial charge on any atom is 0.255 e. The summed E-state index contributed by atoms with van der Waals surface area (Å²) in [4.78, 5) is 14.6. The molecule has 7 heteroatoms. The number of rotatable bonds is 4. The van der Waals surface area contributed by atoms with Crippen LogP contribution in [-0.2, 0) is 9.47 Å². The molecule has 3 heterocycles. The van der Waals surface area contributed by atoms with Gasteiger partial charge in [-0.15, -0.1) is 10.2 Å². The fraction of sp³-hybridized carbons (Fsp3) is 0.562. The Bertz CT molecular complexity index is 698. The normalized spacial score (nSPS) is 18.8. The molecule has 2 aromatic rings. The minimum absolute atomic E-state index is 0.00199. The van der Waals surface area contributed by atoms with Gasteiger partial charge in [0.1, 0.15) is 5.82 Å². The summed E-state index contributed by atoms with van der Waals surface area (Å²) >= 11 is 0. The molecule has 7 nitrogen and oxygen atoms in total. The SMILES string of the molecule is Cc1nnc2ccc(C(=O)N3CCOC(COC(C)C)C3)cn12. The predicted octanol–water partition coefficient (Wildman–Crippen LogP) is 1.30. The van der Waals surface area contributed by atoms with E-state index in [0.717, 1.165) is 11.5 Å². The van der Waals surface area contributed by atoms with Gasteiger partial charge in [0.2, 0.25) is 0 Å². The van der Waals surface area contributed by atoms with Crippen molar-refractivity contribution in [2.24, 2.45) is 0 Å². The van der Waals surface area contributed by atoms with Crippen LogP contribution in [-0.4, -0.2) is 63.9 Å². The van der Waals surface area contributed by atoms with E-state index in [9.17, 15) is 4.79 Å². The van der Waals surface area contributed by atoms with E-state index in [0.29, 0.717) is 31.9 Å². The lowest BCUT2D eigenvalue weighted by Crippen LogP contribution is -2.47. The van der Waals surface area contributed by atoms with Gasteiger partial charge in [-0.05, 0) is 32.9 Å². The van der Waals surface area contributed by atoms with E-state index in [4.69, 9.17) is 9.47 Å². The third-order valence-corrected chi connectivity index (χ3v) is 3.86. The summed E-state index contributed by atoms with van der Waals surface area (Å²) in [5.41, 5.74) is 1.37. The maximum absolute atomic E-state index is 12.7. The Morgan fingerprint density at radius 1 is 1.43 bits per heavy atom. The van der Waals surface area contributed by atoms with E-state index < -0.39 is 0 Å². The van der Waals surface area contributed by atoms with Crippen molar-refractivity contribution in [1.29, 1.82) is 0 Å². The smallest absolute Gasteiger partial charge is 0.255 e. The van der Waals surface area contributed by atoms with Crippen molar-refractivity contribution < 1.29 is 14.3 Å². The lowest BCUT2D eigenvalue weighted by molar-refractivity contribution is -0.0725. The van der Waals surface area contributed by atoms with E-state index in [1.54, 1.807) is 12.3 Å². The summed E-state index contributed by atoms with van der Waals surface area (Å²) in [7, 11) is 0. The number of carbonyl (C=O) groups is 1. The van der Waals surface area contributed by atoms with Gasteiger partial charge in [0.25, 0.3) is 5.91 Å². The number of aryl methyl sites for hydroxylation is 1. The van der Waals surface area contributed by atoms with E-state index >= 15 is 0 Å². The molecule has 0 saturated carbocycles. The Morgan fingerprint density at radius 2 is 2.26 bits per heavy atom. The Hall–Kier alpha value is -1.99. The maximum atomic E-state index is 12.7. The lowest BCUT2D eigenvalue weighted by Gasteiger charge is -2.33. The Kier molecular flexibility index (Phi) is 4.58. The fourth-order valence-corrected chi connectivity index (χ4v) is 2.62. The molecule has 3 rings (SSSR count). The summed E-state index contributed by atoms with van der Waals surface area (Å²) in [6, 6.07) is 3.61. The number of nitrogens with zero attached hydrogens (tertiary/aromatic N) is 4. The summed E-state index contributed by atoms with van der Waals surface area (Å²) < 4.78 is 13.1. The highest BCUT2D eigenvalue weighted by Gasteiger charge is 2.25. The first-order valence-electron chi connectivity index (χ1n) is 7.88. The highest BCUT2D eigenvalue weighted by atomic mass is 16.5. The number of hydrogen-bond donors (Lipinski definition) is 0. The first-order valence-corrected chi connectivity index (χ1v) is 7.88. The van der Waals surface area contributed by atoms with Crippen LogP contribution in [0.25, 0.3) is 5.65 Å². The zero-order chi connectivity index (χ0) is 16.4. The van der Waals surface area contributed by atoms with Gasteiger partial charge in [0.05, 0.1) is 31.0 Å². The summed E-state index contributed by atoms with van der Waals surface area (Å²) in [5, 5.41) is 8.05. The van der Waals surface area contributed by atoms with Gasteiger partial charge < -0.3 is 14.4 Å². The van der Waals surface area contributed by atoms with E-state index in [-0.39, 0.29) is 18.1 Å². The predicted molar refractivity (Wildman–Crippen MR) is 84.5 cm³/mol. The molecule has 1 aliphatic heterocycles. The van der Waals surface area contributed by atoms with E-state index in [1.165, 1.54) is 0 Å². The van der Waals surface area contributed by atoms with Crippen LogP contribution in [0, 0.1) is 6.92 Å². The van der Waals surface area contributed by atoms with Gasteiger partial charge >= 0.3 is 0 Å². The second kappa shape index (κ2) is 6.64. The lowest BCUT2D eigenvalue weighted by atomic mass is 10.2. The van der Waals surface area contributed by atoms with Gasteiger partial charge in [-0.3, -0.25) is 9.20 Å². The van der Waals surface area contributed by atoms with Crippen LogP contribution < -0.4 is 0 Å². The number of amides is 1. The monoisotopic (exact) mass is 318 g/mol. The molecule has 0 N–H and O–H groups in total. The van der Waals surface area contributed by atoms with Crippen molar-refractivity contribution >= 4 is 11.6 Å². The second-order valence-electron chi connectivity index (χ2n) is 6.02. The second-order valence-corrected chi connectivity index (χ2v) is 6.02. The minimum Gasteiger partial charge on any atom is -0.376 e. The first kappa shape index (κ1) is 15.9. The van der Waals surface area contributed by atoms with Gasteiger partial charge in [0.15, 0.2) is 5.65 Å². The quantitative estimate of drug-likeness (QED) is 0.850. The molecular formula is C16H22N4O3. The molecule has 23 heavy (non-hydrogen) atoms. The summed E-state index contributed by atoms with van der Waals surface area (Å²) in [6.45, 7) is 8.02. The zero-order valence-electron chi connectivity index (χ0n) is 13.7. The van der Waals surface area contributed by atoms with Crippen LogP contribution in [0.4, 0.5) is 0 Å². The van der Waals surface area contributed by atoms with Gasteiger partial charge in [-0.1, -0.05) is 0 Å². The van der Waals surface area contributed by atoms with Crippen molar-refractivity contribution in [2.75, 3.05) is 26.3 Å². The molecule has 0 radical (unpaired) electrons. The Balaban J connectivity index is 1.71. The standard InChI is InChI=1S/C16H22N4O3/c1-11(2)23-10-14-9-19(6-7-22-14)16(21)13-4-5-15-18-17-12(3)20(15)8-13/h4-5,8,11,14H,6-7,9-10H2,1-3H3. The van der Waals surface area contributed by atoms with Crippen molar-refractivity contribution in [3.8, 4) is 0 Å². The largest absolute Gasteiger partial charge is 0.376 e. The molecule has 1 amide bonds. The Morgan fingerprint density at radius 3 is 3.04 bits per heavy atom. The highest BCUT2D eigenvalue weighted by molar-refractivity contribution is 5.94. The molecular weight excluding hydrogens is 296 g/mol. The molecule has 0 bridgehead atoms. The third kappa shape index (κ3) is 3.51. The molecule has 0 spiro atoms. The summed E-state index contributed by atoms with van der Waals surface area (Å²) in [5.74, 6) is 0.762. The van der Waals surface area contributed by atoms with Gasteiger partial charge in [-0.25, -0.2) is 0 Å². The Labute approximate surface area is 135 Å².